The van der Waals surface area contributed by atoms with Gasteiger partial charge in [0.05, 0.1) is 16.0 Å². The Labute approximate surface area is 98.4 Å². The van der Waals surface area contributed by atoms with Crippen molar-refractivity contribution in [1.29, 1.82) is 0 Å². The second-order valence-corrected chi connectivity index (χ2v) is 4.00. The quantitative estimate of drug-likeness (QED) is 0.650. The molecule has 6 heteroatoms. The van der Waals surface area contributed by atoms with Gasteiger partial charge in [0.1, 0.15) is 5.69 Å². The third-order valence-corrected chi connectivity index (χ3v) is 2.39. The summed E-state index contributed by atoms with van der Waals surface area (Å²) in [6.45, 7) is 1.89. The van der Waals surface area contributed by atoms with Gasteiger partial charge in [-0.25, -0.2) is 0 Å². The molecule has 0 saturated heterocycles. The van der Waals surface area contributed by atoms with Crippen LogP contribution in [0.4, 0.5) is 11.4 Å². The summed E-state index contributed by atoms with van der Waals surface area (Å²) in [5, 5.41) is 20.4. The molecule has 16 heavy (non-hydrogen) atoms. The Morgan fingerprint density at radius 3 is 2.75 bits per heavy atom. The molecule has 0 fully saturated rings. The predicted octanol–water partition coefficient (Wildman–Crippen LogP) is 2.07. The van der Waals surface area contributed by atoms with Gasteiger partial charge in [-0.2, -0.15) is 0 Å². The SMILES string of the molecule is CC(O)CN(C)c1c(Cl)cccc1[N+](=O)[O-]. The van der Waals surface area contributed by atoms with Crippen LogP contribution in [0, 0.1) is 10.1 Å². The molecule has 1 N–H and O–H groups in total. The van der Waals surface area contributed by atoms with Crippen molar-refractivity contribution in [2.24, 2.45) is 0 Å². The Hall–Kier alpha value is -1.33. The number of likely N-dealkylation sites (N-methyl/N-ethyl adjacent to an activating group) is 1. The van der Waals surface area contributed by atoms with E-state index in [0.29, 0.717) is 10.7 Å². The molecule has 0 saturated carbocycles. The Balaban J connectivity index is 3.14. The lowest BCUT2D eigenvalue weighted by Crippen LogP contribution is -2.27. The Bertz CT molecular complexity index is 396. The van der Waals surface area contributed by atoms with Crippen LogP contribution in [0.5, 0.6) is 0 Å². The van der Waals surface area contributed by atoms with E-state index < -0.39 is 11.0 Å². The third-order valence-electron chi connectivity index (χ3n) is 2.08. The van der Waals surface area contributed by atoms with E-state index in [4.69, 9.17) is 11.6 Å². The fraction of sp³-hybridized carbons (Fsp3) is 0.400. The molecule has 0 aromatic heterocycles. The fourth-order valence-electron chi connectivity index (χ4n) is 1.52. The summed E-state index contributed by atoms with van der Waals surface area (Å²) in [6.07, 6.45) is -0.583. The second kappa shape index (κ2) is 5.14. The number of nitro benzene ring substituents is 1. The number of nitrogens with zero attached hydrogens (tertiary/aromatic N) is 2. The van der Waals surface area contributed by atoms with Gasteiger partial charge in [0, 0.05) is 19.7 Å². The van der Waals surface area contributed by atoms with E-state index in [1.54, 1.807) is 24.9 Å². The van der Waals surface area contributed by atoms with Gasteiger partial charge in [0.2, 0.25) is 0 Å². The van der Waals surface area contributed by atoms with E-state index in [1.165, 1.54) is 12.1 Å². The number of halogens is 1. The molecule has 0 heterocycles. The first-order valence-electron chi connectivity index (χ1n) is 4.75. The molecule has 1 rings (SSSR count). The van der Waals surface area contributed by atoms with E-state index in [1.807, 2.05) is 0 Å². The number of para-hydroxylation sites is 1. The van der Waals surface area contributed by atoms with E-state index in [-0.39, 0.29) is 12.2 Å². The number of benzene rings is 1. The average molecular weight is 245 g/mol. The summed E-state index contributed by atoms with van der Waals surface area (Å²) in [5.41, 5.74) is 0.269. The van der Waals surface area contributed by atoms with Crippen LogP contribution >= 0.6 is 11.6 Å². The average Bonchev–Trinajstić information content (AvgIpc) is 2.15. The summed E-state index contributed by atoms with van der Waals surface area (Å²) < 4.78 is 0. The van der Waals surface area contributed by atoms with Crippen molar-refractivity contribution >= 4 is 23.0 Å². The third kappa shape index (κ3) is 2.84. The smallest absolute Gasteiger partial charge is 0.294 e. The van der Waals surface area contributed by atoms with Gasteiger partial charge in [-0.1, -0.05) is 17.7 Å². The number of nitro groups is 1. The summed E-state index contributed by atoms with van der Waals surface area (Å²) >= 11 is 5.92. The van der Waals surface area contributed by atoms with Gasteiger partial charge >= 0.3 is 0 Å². The molecule has 0 radical (unpaired) electrons. The maximum atomic E-state index is 10.8. The minimum absolute atomic E-state index is 0.0596. The molecular formula is C10H13ClN2O3. The monoisotopic (exact) mass is 244 g/mol. The Morgan fingerprint density at radius 2 is 2.25 bits per heavy atom. The molecule has 0 amide bonds. The van der Waals surface area contributed by atoms with Crippen molar-refractivity contribution in [3.63, 3.8) is 0 Å². The summed E-state index contributed by atoms with van der Waals surface area (Å²) in [7, 11) is 1.65. The van der Waals surface area contributed by atoms with Crippen molar-refractivity contribution in [3.05, 3.63) is 33.3 Å². The standard InChI is InChI=1S/C10H13ClN2O3/c1-7(14)6-12(2)10-8(11)4-3-5-9(10)13(15)16/h3-5,7,14H,6H2,1-2H3. The van der Waals surface area contributed by atoms with Crippen molar-refractivity contribution in [2.45, 2.75) is 13.0 Å². The molecule has 88 valence electrons. The number of anilines is 1. The largest absolute Gasteiger partial charge is 0.392 e. The highest BCUT2D eigenvalue weighted by atomic mass is 35.5. The number of hydrogen-bond acceptors (Lipinski definition) is 4. The molecule has 0 spiro atoms. The summed E-state index contributed by atoms with van der Waals surface area (Å²) in [4.78, 5) is 11.9. The second-order valence-electron chi connectivity index (χ2n) is 3.59. The fourth-order valence-corrected chi connectivity index (χ4v) is 1.83. The van der Waals surface area contributed by atoms with E-state index in [9.17, 15) is 15.2 Å². The molecule has 0 aliphatic rings. The van der Waals surface area contributed by atoms with Crippen molar-refractivity contribution in [2.75, 3.05) is 18.5 Å². The normalized spacial score (nSPS) is 12.2. The van der Waals surface area contributed by atoms with Crippen LogP contribution in [0.1, 0.15) is 6.92 Å². The first-order valence-corrected chi connectivity index (χ1v) is 5.13. The first kappa shape index (κ1) is 12.7. The highest BCUT2D eigenvalue weighted by Crippen LogP contribution is 2.34. The molecule has 5 nitrogen and oxygen atoms in total. The maximum Gasteiger partial charge on any atom is 0.294 e. The zero-order chi connectivity index (χ0) is 12.3. The van der Waals surface area contributed by atoms with Crippen LogP contribution in [0.15, 0.2) is 18.2 Å². The van der Waals surface area contributed by atoms with Crippen LogP contribution in [0.25, 0.3) is 0 Å². The van der Waals surface area contributed by atoms with Gasteiger partial charge in [-0.05, 0) is 13.0 Å². The van der Waals surface area contributed by atoms with Gasteiger partial charge < -0.3 is 10.0 Å². The summed E-state index contributed by atoms with van der Waals surface area (Å²) in [5.74, 6) is 0. The van der Waals surface area contributed by atoms with Crippen molar-refractivity contribution in [3.8, 4) is 0 Å². The lowest BCUT2D eigenvalue weighted by atomic mass is 10.2. The number of aliphatic hydroxyl groups is 1. The van der Waals surface area contributed by atoms with E-state index in [0.717, 1.165) is 0 Å². The Kier molecular flexibility index (Phi) is 4.09. The first-order chi connectivity index (χ1) is 7.43. The Morgan fingerprint density at radius 1 is 1.62 bits per heavy atom. The molecular weight excluding hydrogens is 232 g/mol. The molecule has 1 unspecified atom stereocenters. The topological polar surface area (TPSA) is 66.6 Å². The molecule has 0 aliphatic heterocycles. The predicted molar refractivity (Wildman–Crippen MR) is 63.1 cm³/mol. The molecule has 1 atom stereocenters. The van der Waals surface area contributed by atoms with Gasteiger partial charge in [-0.3, -0.25) is 10.1 Å². The van der Waals surface area contributed by atoms with Gasteiger partial charge in [0.15, 0.2) is 0 Å². The zero-order valence-electron chi connectivity index (χ0n) is 9.05. The number of aliphatic hydroxyl groups excluding tert-OH is 1. The van der Waals surface area contributed by atoms with Crippen LogP contribution < -0.4 is 4.90 Å². The molecule has 1 aromatic rings. The highest BCUT2D eigenvalue weighted by molar-refractivity contribution is 6.33. The maximum absolute atomic E-state index is 10.8. The van der Waals surface area contributed by atoms with Crippen LogP contribution in [0.2, 0.25) is 5.02 Å². The number of hydrogen-bond donors (Lipinski definition) is 1. The summed E-state index contributed by atoms with van der Waals surface area (Å²) in [6, 6.07) is 4.50. The lowest BCUT2D eigenvalue weighted by Gasteiger charge is -2.21. The van der Waals surface area contributed by atoms with Crippen molar-refractivity contribution in [1.82, 2.24) is 0 Å². The lowest BCUT2D eigenvalue weighted by molar-refractivity contribution is -0.384. The minimum Gasteiger partial charge on any atom is -0.392 e. The van der Waals surface area contributed by atoms with Gasteiger partial charge in [0.25, 0.3) is 5.69 Å². The highest BCUT2D eigenvalue weighted by Gasteiger charge is 2.20. The zero-order valence-corrected chi connectivity index (χ0v) is 9.81. The van der Waals surface area contributed by atoms with Crippen LogP contribution in [-0.4, -0.2) is 29.7 Å². The van der Waals surface area contributed by atoms with Crippen molar-refractivity contribution < 1.29 is 10.0 Å². The van der Waals surface area contributed by atoms with Gasteiger partial charge in [-0.15, -0.1) is 0 Å². The minimum atomic E-state index is -0.583. The van der Waals surface area contributed by atoms with Crippen LogP contribution in [-0.2, 0) is 0 Å². The van der Waals surface area contributed by atoms with E-state index >= 15 is 0 Å². The number of rotatable bonds is 4. The van der Waals surface area contributed by atoms with Crippen LogP contribution in [0.3, 0.4) is 0 Å². The molecule has 0 bridgehead atoms. The molecule has 0 aliphatic carbocycles. The van der Waals surface area contributed by atoms with E-state index in [2.05, 4.69) is 0 Å². The molecule has 1 aromatic carbocycles.